The van der Waals surface area contributed by atoms with Crippen molar-refractivity contribution < 1.29 is 32.0 Å². The number of amides is 1. The van der Waals surface area contributed by atoms with Crippen molar-refractivity contribution in [2.75, 3.05) is 19.5 Å². The average Bonchev–Trinajstić information content (AvgIpc) is 3.08. The third kappa shape index (κ3) is 4.82. The number of carbonyl (C=O) groups is 1. The molecule has 0 spiro atoms. The lowest BCUT2D eigenvalue weighted by atomic mass is 10.1. The van der Waals surface area contributed by atoms with E-state index in [1.807, 2.05) is 0 Å². The number of ether oxygens (including phenoxy) is 2. The molecule has 0 fully saturated rings. The first-order valence-electron chi connectivity index (χ1n) is 8.59. The number of nitrogens with one attached hydrogen (secondary N) is 1. The lowest BCUT2D eigenvalue weighted by molar-refractivity contribution is -0.137. The maximum Gasteiger partial charge on any atom is 0.442 e. The molecular formula is C19H15ClF3N3O5. The van der Waals surface area contributed by atoms with E-state index in [1.54, 1.807) is 12.1 Å². The van der Waals surface area contributed by atoms with Gasteiger partial charge in [0.2, 0.25) is 5.91 Å². The van der Waals surface area contributed by atoms with Gasteiger partial charge in [0.1, 0.15) is 6.54 Å². The molecule has 8 nitrogen and oxygen atoms in total. The van der Waals surface area contributed by atoms with Crippen molar-refractivity contribution in [3.8, 4) is 22.9 Å². The predicted octanol–water partition coefficient (Wildman–Crippen LogP) is 3.83. The molecule has 0 aliphatic rings. The van der Waals surface area contributed by atoms with Crippen LogP contribution in [-0.4, -0.2) is 29.9 Å². The molecule has 3 rings (SSSR count). The largest absolute Gasteiger partial charge is 0.493 e. The van der Waals surface area contributed by atoms with Crippen LogP contribution in [-0.2, 0) is 17.5 Å². The van der Waals surface area contributed by atoms with Crippen LogP contribution in [0.25, 0.3) is 11.4 Å². The minimum atomic E-state index is -4.74. The van der Waals surface area contributed by atoms with E-state index in [2.05, 4.69) is 15.0 Å². The molecule has 0 aliphatic heterocycles. The zero-order valence-electron chi connectivity index (χ0n) is 16.1. The number of anilines is 1. The first-order valence-corrected chi connectivity index (χ1v) is 8.97. The molecule has 0 atom stereocenters. The molecule has 0 bridgehead atoms. The fraction of sp³-hybridized carbons (Fsp3) is 0.211. The monoisotopic (exact) mass is 457 g/mol. The van der Waals surface area contributed by atoms with Crippen LogP contribution in [0.2, 0.25) is 5.02 Å². The predicted molar refractivity (Wildman–Crippen MR) is 104 cm³/mol. The number of hydrogen-bond donors (Lipinski definition) is 1. The number of rotatable bonds is 6. The summed E-state index contributed by atoms with van der Waals surface area (Å²) < 4.78 is 55.5. The van der Waals surface area contributed by atoms with E-state index in [4.69, 9.17) is 21.1 Å². The summed E-state index contributed by atoms with van der Waals surface area (Å²) in [5.41, 5.74) is -1.26. The smallest absolute Gasteiger partial charge is 0.442 e. The Morgan fingerprint density at radius 3 is 2.52 bits per heavy atom. The van der Waals surface area contributed by atoms with E-state index in [9.17, 15) is 22.8 Å². The van der Waals surface area contributed by atoms with Gasteiger partial charge in [0, 0.05) is 10.6 Å². The van der Waals surface area contributed by atoms with Crippen LogP contribution in [0.1, 0.15) is 5.56 Å². The van der Waals surface area contributed by atoms with Crippen molar-refractivity contribution >= 4 is 23.2 Å². The fourth-order valence-electron chi connectivity index (χ4n) is 2.78. The molecular weight excluding hydrogens is 443 g/mol. The van der Waals surface area contributed by atoms with Gasteiger partial charge in [-0.05, 0) is 36.4 Å². The van der Waals surface area contributed by atoms with Gasteiger partial charge in [-0.3, -0.25) is 9.32 Å². The lowest BCUT2D eigenvalue weighted by Gasteiger charge is -2.14. The second-order valence-electron chi connectivity index (χ2n) is 6.16. The van der Waals surface area contributed by atoms with Gasteiger partial charge in [0.15, 0.2) is 17.3 Å². The van der Waals surface area contributed by atoms with Gasteiger partial charge in [-0.25, -0.2) is 9.36 Å². The molecule has 2 aromatic carbocycles. The number of benzene rings is 2. The molecule has 1 aromatic heterocycles. The Morgan fingerprint density at radius 1 is 1.16 bits per heavy atom. The molecule has 1 N–H and O–H groups in total. The van der Waals surface area contributed by atoms with Gasteiger partial charge < -0.3 is 14.8 Å². The molecule has 31 heavy (non-hydrogen) atoms. The van der Waals surface area contributed by atoms with Crippen molar-refractivity contribution in [1.29, 1.82) is 0 Å². The van der Waals surface area contributed by atoms with Crippen molar-refractivity contribution in [2.45, 2.75) is 12.7 Å². The Bertz CT molecular complexity index is 1170. The van der Waals surface area contributed by atoms with E-state index < -0.39 is 35.6 Å². The van der Waals surface area contributed by atoms with Crippen LogP contribution in [0.3, 0.4) is 0 Å². The molecule has 1 amide bonds. The zero-order valence-corrected chi connectivity index (χ0v) is 16.9. The summed E-state index contributed by atoms with van der Waals surface area (Å²) in [6, 6.07) is 7.53. The van der Waals surface area contributed by atoms with E-state index in [1.165, 1.54) is 26.4 Å². The first kappa shape index (κ1) is 22.2. The number of alkyl halides is 3. The SMILES string of the molecule is COc1ccc(-c2noc(=O)n2CC(=O)Nc2ccc(Cl)cc2C(F)(F)F)cc1OC. The minimum Gasteiger partial charge on any atom is -0.493 e. The minimum absolute atomic E-state index is 0.0201. The molecule has 1 heterocycles. The second-order valence-corrected chi connectivity index (χ2v) is 6.60. The Balaban J connectivity index is 1.90. The number of halogens is 4. The number of methoxy groups -OCH3 is 2. The van der Waals surface area contributed by atoms with E-state index >= 15 is 0 Å². The van der Waals surface area contributed by atoms with Crippen LogP contribution >= 0.6 is 11.6 Å². The fourth-order valence-corrected chi connectivity index (χ4v) is 2.96. The third-order valence-electron chi connectivity index (χ3n) is 4.19. The summed E-state index contributed by atoms with van der Waals surface area (Å²) in [6.07, 6.45) is -4.74. The summed E-state index contributed by atoms with van der Waals surface area (Å²) in [4.78, 5) is 24.5. The standard InChI is InChI=1S/C19H15ClF3N3O5/c1-29-14-6-3-10(7-15(14)30-2)17-25-31-18(28)26(17)9-16(27)24-13-5-4-11(20)8-12(13)19(21,22)23/h3-8H,9H2,1-2H3,(H,24,27). The van der Waals surface area contributed by atoms with Crippen LogP contribution < -0.4 is 20.5 Å². The summed E-state index contributed by atoms with van der Waals surface area (Å²) in [7, 11) is 2.86. The highest BCUT2D eigenvalue weighted by Gasteiger charge is 2.34. The number of carbonyl (C=O) groups excluding carboxylic acids is 1. The summed E-state index contributed by atoms with van der Waals surface area (Å²) in [5, 5.41) is 5.64. The van der Waals surface area contributed by atoms with Crippen molar-refractivity contribution in [3.05, 3.63) is 57.5 Å². The highest BCUT2D eigenvalue weighted by molar-refractivity contribution is 6.30. The van der Waals surface area contributed by atoms with E-state index in [0.29, 0.717) is 23.1 Å². The molecule has 0 saturated carbocycles. The maximum atomic E-state index is 13.2. The van der Waals surface area contributed by atoms with Crippen molar-refractivity contribution in [2.24, 2.45) is 0 Å². The Kier molecular flexibility index (Phi) is 6.25. The van der Waals surface area contributed by atoms with Gasteiger partial charge in [-0.1, -0.05) is 16.8 Å². The summed E-state index contributed by atoms with van der Waals surface area (Å²) in [6.45, 7) is -0.647. The average molecular weight is 458 g/mol. The van der Waals surface area contributed by atoms with Crippen LogP contribution in [0.5, 0.6) is 11.5 Å². The summed E-state index contributed by atoms with van der Waals surface area (Å²) >= 11 is 5.63. The van der Waals surface area contributed by atoms with Gasteiger partial charge in [-0.15, -0.1) is 0 Å². The van der Waals surface area contributed by atoms with Gasteiger partial charge in [0.05, 0.1) is 25.5 Å². The van der Waals surface area contributed by atoms with Crippen molar-refractivity contribution in [3.63, 3.8) is 0 Å². The van der Waals surface area contributed by atoms with Gasteiger partial charge >= 0.3 is 11.9 Å². The lowest BCUT2D eigenvalue weighted by Crippen LogP contribution is -2.26. The number of hydrogen-bond acceptors (Lipinski definition) is 6. The van der Waals surface area contributed by atoms with Gasteiger partial charge in [-0.2, -0.15) is 13.2 Å². The van der Waals surface area contributed by atoms with Crippen LogP contribution in [0.15, 0.2) is 45.7 Å². The number of aromatic nitrogens is 2. The van der Waals surface area contributed by atoms with Crippen LogP contribution in [0, 0.1) is 0 Å². The molecule has 0 saturated heterocycles. The summed E-state index contributed by atoms with van der Waals surface area (Å²) in [5.74, 6) is -1.13. The van der Waals surface area contributed by atoms with Crippen LogP contribution in [0.4, 0.5) is 18.9 Å². The maximum absolute atomic E-state index is 13.2. The van der Waals surface area contributed by atoms with Gasteiger partial charge in [0.25, 0.3) is 0 Å². The molecule has 12 heteroatoms. The quantitative estimate of drug-likeness (QED) is 0.604. The number of nitrogens with zero attached hydrogens (tertiary/aromatic N) is 2. The van der Waals surface area contributed by atoms with Crippen molar-refractivity contribution in [1.82, 2.24) is 9.72 Å². The Morgan fingerprint density at radius 2 is 1.87 bits per heavy atom. The molecule has 0 unspecified atom stereocenters. The van der Waals surface area contributed by atoms with E-state index in [-0.39, 0.29) is 10.8 Å². The molecule has 164 valence electrons. The topological polar surface area (TPSA) is 95.6 Å². The Labute approximate surface area is 178 Å². The highest BCUT2D eigenvalue weighted by Crippen LogP contribution is 2.36. The first-order chi connectivity index (χ1) is 14.6. The normalized spacial score (nSPS) is 11.3. The molecule has 3 aromatic rings. The third-order valence-corrected chi connectivity index (χ3v) is 4.43. The highest BCUT2D eigenvalue weighted by atomic mass is 35.5. The molecule has 0 radical (unpaired) electrons. The Hall–Kier alpha value is -3.47. The van der Waals surface area contributed by atoms with E-state index in [0.717, 1.165) is 10.6 Å². The molecule has 0 aliphatic carbocycles. The zero-order chi connectivity index (χ0) is 22.8. The second kappa shape index (κ2) is 8.72.